The topological polar surface area (TPSA) is 60.0 Å². The van der Waals surface area contributed by atoms with Gasteiger partial charge < -0.3 is 24.6 Å². The van der Waals surface area contributed by atoms with Gasteiger partial charge in [-0.3, -0.25) is 0 Å². The number of aliphatic hydroxyl groups is 1. The maximum atomic E-state index is 9.57. The number of ether oxygens (including phenoxy) is 3. The third-order valence-corrected chi connectivity index (χ3v) is 2.25. The summed E-state index contributed by atoms with van der Waals surface area (Å²) in [4.78, 5) is 0. The van der Waals surface area contributed by atoms with E-state index in [1.807, 2.05) is 6.92 Å². The molecule has 0 amide bonds. The minimum Gasteiger partial charge on any atom is -0.389 e. The van der Waals surface area contributed by atoms with E-state index in [9.17, 15) is 5.11 Å². The maximum Gasteiger partial charge on any atom is 0.0897 e. The van der Waals surface area contributed by atoms with Crippen LogP contribution in [0, 0.1) is 0 Å². The van der Waals surface area contributed by atoms with Gasteiger partial charge in [-0.1, -0.05) is 0 Å². The lowest BCUT2D eigenvalue weighted by Crippen LogP contribution is -2.49. The van der Waals surface area contributed by atoms with Gasteiger partial charge in [0.05, 0.1) is 44.7 Å². The SMILES string of the molecule is COCC(C)OCC(O)CNC1COC1. The van der Waals surface area contributed by atoms with Crippen molar-refractivity contribution < 1.29 is 19.3 Å². The minimum atomic E-state index is -0.468. The summed E-state index contributed by atoms with van der Waals surface area (Å²) in [5.41, 5.74) is 0. The van der Waals surface area contributed by atoms with E-state index >= 15 is 0 Å². The van der Waals surface area contributed by atoms with E-state index in [-0.39, 0.29) is 6.10 Å². The molecule has 1 rings (SSSR count). The zero-order valence-corrected chi connectivity index (χ0v) is 9.44. The fourth-order valence-corrected chi connectivity index (χ4v) is 1.27. The molecule has 1 heterocycles. The molecule has 5 nitrogen and oxygen atoms in total. The molecule has 0 aromatic rings. The Kier molecular flexibility index (Phi) is 6.12. The van der Waals surface area contributed by atoms with Crippen LogP contribution in [0.25, 0.3) is 0 Å². The largest absolute Gasteiger partial charge is 0.389 e. The zero-order chi connectivity index (χ0) is 11.1. The Morgan fingerprint density at radius 1 is 1.47 bits per heavy atom. The Balaban J connectivity index is 1.94. The van der Waals surface area contributed by atoms with Crippen molar-refractivity contribution in [3.63, 3.8) is 0 Å². The van der Waals surface area contributed by atoms with Gasteiger partial charge >= 0.3 is 0 Å². The summed E-state index contributed by atoms with van der Waals surface area (Å²) in [6.07, 6.45) is -0.443. The Morgan fingerprint density at radius 3 is 2.73 bits per heavy atom. The Hall–Kier alpha value is -0.200. The average Bonchev–Trinajstić information content (AvgIpc) is 2.13. The quantitative estimate of drug-likeness (QED) is 0.570. The highest BCUT2D eigenvalue weighted by Crippen LogP contribution is 2.00. The van der Waals surface area contributed by atoms with Crippen LogP contribution in [0.4, 0.5) is 0 Å². The van der Waals surface area contributed by atoms with E-state index in [0.29, 0.717) is 25.8 Å². The van der Waals surface area contributed by atoms with E-state index < -0.39 is 6.10 Å². The van der Waals surface area contributed by atoms with Crippen molar-refractivity contribution in [2.75, 3.05) is 40.1 Å². The van der Waals surface area contributed by atoms with Gasteiger partial charge in [-0.15, -0.1) is 0 Å². The molecule has 15 heavy (non-hydrogen) atoms. The van der Waals surface area contributed by atoms with Crippen LogP contribution in [-0.2, 0) is 14.2 Å². The van der Waals surface area contributed by atoms with Crippen LogP contribution < -0.4 is 5.32 Å². The Bertz CT molecular complexity index is 164. The fraction of sp³-hybridized carbons (Fsp3) is 1.00. The van der Waals surface area contributed by atoms with Crippen LogP contribution in [0.5, 0.6) is 0 Å². The second-order valence-corrected chi connectivity index (χ2v) is 3.90. The smallest absolute Gasteiger partial charge is 0.0897 e. The predicted molar refractivity (Wildman–Crippen MR) is 55.9 cm³/mol. The van der Waals surface area contributed by atoms with Crippen LogP contribution >= 0.6 is 0 Å². The molecule has 1 saturated heterocycles. The van der Waals surface area contributed by atoms with Crippen LogP contribution in [0.15, 0.2) is 0 Å². The van der Waals surface area contributed by atoms with Crippen molar-refractivity contribution in [3.05, 3.63) is 0 Å². The molecular formula is C10H21NO4. The van der Waals surface area contributed by atoms with Crippen LogP contribution in [0.3, 0.4) is 0 Å². The third-order valence-electron chi connectivity index (χ3n) is 2.25. The lowest BCUT2D eigenvalue weighted by molar-refractivity contribution is -0.0407. The molecule has 0 spiro atoms. The number of hydrogen-bond acceptors (Lipinski definition) is 5. The number of aliphatic hydroxyl groups excluding tert-OH is 1. The highest BCUT2D eigenvalue weighted by Gasteiger charge is 2.18. The molecule has 0 bridgehead atoms. The molecular weight excluding hydrogens is 198 g/mol. The molecule has 0 aromatic carbocycles. The van der Waals surface area contributed by atoms with E-state index in [4.69, 9.17) is 14.2 Å². The average molecular weight is 219 g/mol. The first-order valence-corrected chi connectivity index (χ1v) is 5.32. The molecule has 0 aromatic heterocycles. The normalized spacial score (nSPS) is 21.0. The summed E-state index contributed by atoms with van der Waals surface area (Å²) < 4.78 is 15.3. The number of nitrogens with one attached hydrogen (secondary N) is 1. The first-order chi connectivity index (χ1) is 7.22. The Labute approximate surface area is 90.7 Å². The molecule has 1 aliphatic heterocycles. The van der Waals surface area contributed by atoms with Gasteiger partial charge in [0.15, 0.2) is 0 Å². The van der Waals surface area contributed by atoms with Crippen LogP contribution in [-0.4, -0.2) is 63.4 Å². The summed E-state index contributed by atoms with van der Waals surface area (Å²) >= 11 is 0. The van der Waals surface area contributed by atoms with Gasteiger partial charge in [0, 0.05) is 13.7 Å². The van der Waals surface area contributed by atoms with E-state index in [0.717, 1.165) is 13.2 Å². The second-order valence-electron chi connectivity index (χ2n) is 3.90. The maximum absolute atomic E-state index is 9.57. The van der Waals surface area contributed by atoms with Gasteiger partial charge in [0.2, 0.25) is 0 Å². The molecule has 1 fully saturated rings. The molecule has 2 unspecified atom stereocenters. The van der Waals surface area contributed by atoms with Gasteiger partial charge in [-0.05, 0) is 6.92 Å². The first-order valence-electron chi connectivity index (χ1n) is 5.32. The first kappa shape index (κ1) is 12.9. The molecule has 2 N–H and O–H groups in total. The molecule has 0 saturated carbocycles. The summed E-state index contributed by atoms with van der Waals surface area (Å²) in [6.45, 7) is 4.85. The molecule has 5 heteroatoms. The summed E-state index contributed by atoms with van der Waals surface area (Å²) in [5, 5.41) is 12.8. The van der Waals surface area contributed by atoms with Crippen LogP contribution in [0.1, 0.15) is 6.92 Å². The van der Waals surface area contributed by atoms with E-state index in [1.54, 1.807) is 7.11 Å². The zero-order valence-electron chi connectivity index (χ0n) is 9.44. The second kappa shape index (κ2) is 7.14. The monoisotopic (exact) mass is 219 g/mol. The van der Waals surface area contributed by atoms with Gasteiger partial charge in [-0.25, -0.2) is 0 Å². The van der Waals surface area contributed by atoms with Crippen molar-refractivity contribution in [3.8, 4) is 0 Å². The standard InChI is InChI=1S/C10H21NO4/c1-8(4-13-2)15-7-10(12)3-11-9-5-14-6-9/h8-12H,3-7H2,1-2H3. The lowest BCUT2D eigenvalue weighted by Gasteiger charge is -2.28. The van der Waals surface area contributed by atoms with Gasteiger partial charge in [0.1, 0.15) is 0 Å². The van der Waals surface area contributed by atoms with Crippen molar-refractivity contribution in [2.45, 2.75) is 25.2 Å². The molecule has 2 atom stereocenters. The van der Waals surface area contributed by atoms with Crippen molar-refractivity contribution >= 4 is 0 Å². The number of methoxy groups -OCH3 is 1. The number of hydrogen-bond donors (Lipinski definition) is 2. The van der Waals surface area contributed by atoms with E-state index in [1.165, 1.54) is 0 Å². The van der Waals surface area contributed by atoms with E-state index in [2.05, 4.69) is 5.32 Å². The lowest BCUT2D eigenvalue weighted by atomic mass is 10.2. The van der Waals surface area contributed by atoms with Crippen LogP contribution in [0.2, 0.25) is 0 Å². The number of rotatable bonds is 8. The molecule has 0 aliphatic carbocycles. The fourth-order valence-electron chi connectivity index (χ4n) is 1.27. The Morgan fingerprint density at radius 2 is 2.20 bits per heavy atom. The third kappa shape index (κ3) is 5.44. The highest BCUT2D eigenvalue weighted by atomic mass is 16.5. The molecule has 0 radical (unpaired) electrons. The van der Waals surface area contributed by atoms with Gasteiger partial charge in [0.25, 0.3) is 0 Å². The van der Waals surface area contributed by atoms with Crippen molar-refractivity contribution in [1.29, 1.82) is 0 Å². The van der Waals surface area contributed by atoms with Gasteiger partial charge in [-0.2, -0.15) is 0 Å². The highest BCUT2D eigenvalue weighted by molar-refractivity contribution is 4.74. The summed E-state index contributed by atoms with van der Waals surface area (Å²) in [5.74, 6) is 0. The predicted octanol–water partition coefficient (Wildman–Crippen LogP) is -0.613. The minimum absolute atomic E-state index is 0.0247. The summed E-state index contributed by atoms with van der Waals surface area (Å²) in [6, 6.07) is 0.399. The van der Waals surface area contributed by atoms with Crippen molar-refractivity contribution in [1.82, 2.24) is 5.32 Å². The summed E-state index contributed by atoms with van der Waals surface area (Å²) in [7, 11) is 1.63. The molecule has 90 valence electrons. The molecule has 1 aliphatic rings. The van der Waals surface area contributed by atoms with Crippen molar-refractivity contribution in [2.24, 2.45) is 0 Å².